The van der Waals surface area contributed by atoms with Gasteiger partial charge < -0.3 is 10.5 Å². The van der Waals surface area contributed by atoms with Crippen LogP contribution >= 0.6 is 0 Å². The van der Waals surface area contributed by atoms with E-state index in [1.54, 1.807) is 6.07 Å². The maximum Gasteiger partial charge on any atom is 0.309 e. The summed E-state index contributed by atoms with van der Waals surface area (Å²) in [4.78, 5) is 21.3. The molecule has 0 aliphatic carbocycles. The number of hydrogen-bond acceptors (Lipinski definition) is 6. The zero-order valence-corrected chi connectivity index (χ0v) is 9.67. The highest BCUT2D eigenvalue weighted by Gasteiger charge is 2.18. The molecule has 0 unspecified atom stereocenters. The summed E-state index contributed by atoms with van der Waals surface area (Å²) in [5.41, 5.74) is 5.97. The smallest absolute Gasteiger partial charge is 0.309 e. The molecule has 0 heterocycles. The van der Waals surface area contributed by atoms with Crippen molar-refractivity contribution in [3.05, 3.63) is 38.9 Å². The Morgan fingerprint density at radius 3 is 2.67 bits per heavy atom. The third kappa shape index (κ3) is 2.81. The highest BCUT2D eigenvalue weighted by Crippen LogP contribution is 2.23. The Hall–Kier alpha value is -2.46. The minimum atomic E-state index is -0.653. The lowest BCUT2D eigenvalue weighted by Crippen LogP contribution is -2.10. The van der Waals surface area contributed by atoms with Crippen LogP contribution in [-0.4, -0.2) is 18.0 Å². The summed E-state index contributed by atoms with van der Waals surface area (Å²) in [6, 6.07) is 4.25. The first-order valence-electron chi connectivity index (χ1n) is 5.00. The summed E-state index contributed by atoms with van der Waals surface area (Å²) >= 11 is 0. The molecule has 18 heavy (non-hydrogen) atoms. The van der Waals surface area contributed by atoms with Gasteiger partial charge in [0.25, 0.3) is 5.69 Å². The minimum absolute atomic E-state index is 0.0406. The lowest BCUT2D eigenvalue weighted by Gasteiger charge is -2.07. The summed E-state index contributed by atoms with van der Waals surface area (Å²) in [6.45, 7) is 0.0406. The molecule has 0 spiro atoms. The molecule has 1 aromatic rings. The van der Waals surface area contributed by atoms with Crippen LogP contribution in [0.2, 0.25) is 0 Å². The van der Waals surface area contributed by atoms with Crippen LogP contribution in [0.4, 0.5) is 5.69 Å². The predicted molar refractivity (Wildman–Crippen MR) is 61.4 cm³/mol. The van der Waals surface area contributed by atoms with Crippen LogP contribution < -0.4 is 5.73 Å². The number of nitrogens with zero attached hydrogens (tertiary/aromatic N) is 2. The topological polar surface area (TPSA) is 119 Å². The SMILES string of the molecule is COC(=O)Cc1cc(C#N)c([N+](=O)[O-])cc1CN. The van der Waals surface area contributed by atoms with Crippen LogP contribution in [0.3, 0.4) is 0 Å². The number of benzene rings is 1. The maximum atomic E-state index is 11.2. The van der Waals surface area contributed by atoms with Crippen LogP contribution in [0.5, 0.6) is 0 Å². The largest absolute Gasteiger partial charge is 0.469 e. The maximum absolute atomic E-state index is 11.2. The van der Waals surface area contributed by atoms with Gasteiger partial charge in [0, 0.05) is 12.6 Å². The second-order valence-corrected chi connectivity index (χ2v) is 3.46. The number of carbonyl (C=O) groups is 1. The number of methoxy groups -OCH3 is 1. The number of rotatable bonds is 4. The van der Waals surface area contributed by atoms with E-state index in [1.165, 1.54) is 19.2 Å². The first kappa shape index (κ1) is 13.6. The average molecular weight is 249 g/mol. The fourth-order valence-corrected chi connectivity index (χ4v) is 1.50. The molecule has 0 amide bonds. The first-order chi connectivity index (χ1) is 8.53. The monoisotopic (exact) mass is 249 g/mol. The number of esters is 1. The van der Waals surface area contributed by atoms with Crippen LogP contribution in [-0.2, 0) is 22.5 Å². The Morgan fingerprint density at radius 2 is 2.22 bits per heavy atom. The fraction of sp³-hybridized carbons (Fsp3) is 0.273. The molecule has 0 aromatic heterocycles. The Labute approximate surface area is 103 Å². The first-order valence-corrected chi connectivity index (χ1v) is 5.00. The zero-order valence-electron chi connectivity index (χ0n) is 9.67. The molecule has 2 N–H and O–H groups in total. The molecular formula is C11H11N3O4. The van der Waals surface area contributed by atoms with Crippen molar-refractivity contribution in [3.8, 4) is 6.07 Å². The Bertz CT molecular complexity index is 534. The highest BCUT2D eigenvalue weighted by molar-refractivity contribution is 5.73. The van der Waals surface area contributed by atoms with E-state index in [9.17, 15) is 14.9 Å². The van der Waals surface area contributed by atoms with Gasteiger partial charge in [-0.25, -0.2) is 0 Å². The van der Waals surface area contributed by atoms with Crippen molar-refractivity contribution in [3.63, 3.8) is 0 Å². The molecule has 0 aliphatic heterocycles. The third-order valence-electron chi connectivity index (χ3n) is 2.42. The molecule has 1 aromatic carbocycles. The molecule has 1 rings (SSSR count). The normalized spacial score (nSPS) is 9.61. The Kier molecular flexibility index (Phi) is 4.34. The van der Waals surface area contributed by atoms with Gasteiger partial charge in [-0.15, -0.1) is 0 Å². The summed E-state index contributed by atoms with van der Waals surface area (Å²) in [5, 5.41) is 19.6. The third-order valence-corrected chi connectivity index (χ3v) is 2.42. The van der Waals surface area contributed by atoms with Crippen molar-refractivity contribution in [2.75, 3.05) is 7.11 Å². The van der Waals surface area contributed by atoms with Gasteiger partial charge in [0.1, 0.15) is 11.6 Å². The second-order valence-electron chi connectivity index (χ2n) is 3.46. The number of ether oxygens (including phenoxy) is 1. The van der Waals surface area contributed by atoms with Crippen molar-refractivity contribution in [2.45, 2.75) is 13.0 Å². The molecular weight excluding hydrogens is 238 g/mol. The number of nitriles is 1. The van der Waals surface area contributed by atoms with E-state index in [0.29, 0.717) is 11.1 Å². The number of hydrogen-bond donors (Lipinski definition) is 1. The summed E-state index contributed by atoms with van der Waals surface area (Å²) in [5.74, 6) is -0.498. The van der Waals surface area contributed by atoms with Crippen LogP contribution in [0, 0.1) is 21.4 Å². The van der Waals surface area contributed by atoms with Gasteiger partial charge in [-0.3, -0.25) is 14.9 Å². The fourth-order valence-electron chi connectivity index (χ4n) is 1.50. The number of nitrogens with two attached hydrogens (primary N) is 1. The van der Waals surface area contributed by atoms with E-state index in [0.717, 1.165) is 0 Å². The standard InChI is InChI=1S/C11H11N3O4/c1-18-11(15)4-7-2-9(6-13)10(14(16)17)3-8(7)5-12/h2-3H,4-5,12H2,1H3. The van der Waals surface area contributed by atoms with E-state index in [4.69, 9.17) is 11.0 Å². The molecule has 7 nitrogen and oxygen atoms in total. The molecule has 0 radical (unpaired) electrons. The molecule has 7 heteroatoms. The van der Waals surface area contributed by atoms with E-state index >= 15 is 0 Å². The summed E-state index contributed by atoms with van der Waals surface area (Å²) in [7, 11) is 1.24. The quantitative estimate of drug-likeness (QED) is 0.475. The number of nitro groups is 1. The average Bonchev–Trinajstić information content (AvgIpc) is 2.37. The molecule has 0 aliphatic rings. The van der Waals surface area contributed by atoms with Crippen molar-refractivity contribution in [1.82, 2.24) is 0 Å². The van der Waals surface area contributed by atoms with E-state index in [1.807, 2.05) is 0 Å². The van der Waals surface area contributed by atoms with Crippen molar-refractivity contribution >= 4 is 11.7 Å². The lowest BCUT2D eigenvalue weighted by molar-refractivity contribution is -0.385. The van der Waals surface area contributed by atoms with E-state index in [2.05, 4.69) is 4.74 Å². The van der Waals surface area contributed by atoms with Gasteiger partial charge in [-0.1, -0.05) is 0 Å². The van der Waals surface area contributed by atoms with Crippen LogP contribution in [0.1, 0.15) is 16.7 Å². The van der Waals surface area contributed by atoms with Gasteiger partial charge in [0.05, 0.1) is 18.5 Å². The lowest BCUT2D eigenvalue weighted by atomic mass is 10.00. The van der Waals surface area contributed by atoms with Crippen LogP contribution in [0.25, 0.3) is 0 Å². The van der Waals surface area contributed by atoms with Crippen molar-refractivity contribution in [2.24, 2.45) is 5.73 Å². The molecule has 0 atom stereocenters. The van der Waals surface area contributed by atoms with Gasteiger partial charge in [0.2, 0.25) is 0 Å². The number of carbonyl (C=O) groups excluding carboxylic acids is 1. The Balaban J connectivity index is 3.31. The molecule has 0 fully saturated rings. The van der Waals surface area contributed by atoms with Gasteiger partial charge in [0.15, 0.2) is 0 Å². The molecule has 0 saturated heterocycles. The van der Waals surface area contributed by atoms with E-state index in [-0.39, 0.29) is 24.2 Å². The van der Waals surface area contributed by atoms with Gasteiger partial charge in [-0.05, 0) is 17.2 Å². The second kappa shape index (κ2) is 5.75. The Morgan fingerprint density at radius 1 is 1.56 bits per heavy atom. The molecule has 0 saturated carbocycles. The molecule has 94 valence electrons. The number of nitro benzene ring substituents is 1. The zero-order chi connectivity index (χ0) is 13.7. The summed E-state index contributed by atoms with van der Waals surface area (Å²) < 4.78 is 4.51. The van der Waals surface area contributed by atoms with Gasteiger partial charge >= 0.3 is 5.97 Å². The highest BCUT2D eigenvalue weighted by atomic mass is 16.6. The van der Waals surface area contributed by atoms with Crippen molar-refractivity contribution < 1.29 is 14.5 Å². The van der Waals surface area contributed by atoms with Crippen LogP contribution in [0.15, 0.2) is 12.1 Å². The van der Waals surface area contributed by atoms with Crippen molar-refractivity contribution in [1.29, 1.82) is 5.26 Å². The summed E-state index contributed by atoms with van der Waals surface area (Å²) in [6.07, 6.45) is -0.0737. The minimum Gasteiger partial charge on any atom is -0.469 e. The van der Waals surface area contributed by atoms with E-state index < -0.39 is 10.9 Å². The predicted octanol–water partition coefficient (Wildman–Crippen LogP) is 0.641. The van der Waals surface area contributed by atoms with Gasteiger partial charge in [-0.2, -0.15) is 5.26 Å². The molecule has 0 bridgehead atoms.